The summed E-state index contributed by atoms with van der Waals surface area (Å²) in [4.78, 5) is 23.3. The molecule has 0 bridgehead atoms. The third-order valence-electron chi connectivity index (χ3n) is 5.33. The van der Waals surface area contributed by atoms with E-state index >= 15 is 0 Å². The van der Waals surface area contributed by atoms with Crippen LogP contribution in [-0.2, 0) is 30.0 Å². The molecule has 0 saturated heterocycles. The van der Waals surface area contributed by atoms with Crippen LogP contribution in [0.4, 0.5) is 0 Å². The largest absolute Gasteiger partial charge is 0.508 e. The van der Waals surface area contributed by atoms with E-state index < -0.39 is 0 Å². The molecule has 41 heavy (non-hydrogen) atoms. The van der Waals surface area contributed by atoms with Crippen molar-refractivity contribution in [2.75, 3.05) is 0 Å². The number of carbonyl (C=O) groups is 2. The summed E-state index contributed by atoms with van der Waals surface area (Å²) in [5.74, 6) is 0.514. The van der Waals surface area contributed by atoms with Crippen LogP contribution in [0.15, 0.2) is 121 Å². The Morgan fingerprint density at radius 3 is 0.707 bits per heavy atom. The number of phenols is 4. The molecule has 0 heterocycles. The Bertz CT molecular complexity index is 1280. The van der Waals surface area contributed by atoms with Crippen molar-refractivity contribution in [3.63, 3.8) is 0 Å². The van der Waals surface area contributed by atoms with E-state index in [-0.39, 0.29) is 55.0 Å². The van der Waals surface area contributed by atoms with E-state index in [1.54, 1.807) is 121 Å². The van der Waals surface area contributed by atoms with Gasteiger partial charge < -0.3 is 20.4 Å². The number of hydrogen-bond acceptors (Lipinski definition) is 6. The fourth-order valence-corrected chi connectivity index (χ4v) is 3.17. The zero-order chi connectivity index (χ0) is 28.7. The fraction of sp³-hybridized carbons (Fsp3) is 0. The molecule has 0 spiro atoms. The number of hydrogen-bond donors (Lipinski definition) is 4. The summed E-state index contributed by atoms with van der Waals surface area (Å²) in [6.07, 6.45) is 12.6. The van der Waals surface area contributed by atoms with E-state index in [1.807, 2.05) is 0 Å². The molecule has 0 aliphatic rings. The second-order valence-corrected chi connectivity index (χ2v) is 8.50. The van der Waals surface area contributed by atoms with Crippen LogP contribution < -0.4 is 0 Å². The van der Waals surface area contributed by atoms with Gasteiger partial charge in [-0.2, -0.15) is 0 Å². The Morgan fingerprint density at radius 2 is 0.537 bits per heavy atom. The summed E-state index contributed by atoms with van der Waals surface area (Å²) in [7, 11) is 0. The topological polar surface area (TPSA) is 115 Å². The number of ketones is 2. The van der Waals surface area contributed by atoms with Crippen LogP contribution in [-0.4, -0.2) is 32.0 Å². The molecule has 0 radical (unpaired) electrons. The summed E-state index contributed by atoms with van der Waals surface area (Å²) in [5, 5.41) is 36.6. The first kappa shape index (κ1) is 32.3. The Labute approximate surface area is 252 Å². The minimum absolute atomic E-state index is 0. The predicted octanol–water partition coefficient (Wildman–Crippen LogP) is 6.78. The molecule has 6 nitrogen and oxygen atoms in total. The van der Waals surface area contributed by atoms with Gasteiger partial charge in [-0.3, -0.25) is 9.59 Å². The molecule has 7 heteroatoms. The average molecular weight is 639 g/mol. The van der Waals surface area contributed by atoms with Crippen molar-refractivity contribution in [3.8, 4) is 23.0 Å². The molecule has 0 fully saturated rings. The van der Waals surface area contributed by atoms with E-state index in [9.17, 15) is 9.59 Å². The van der Waals surface area contributed by atoms with Gasteiger partial charge >= 0.3 is 0 Å². The molecule has 4 rings (SSSR count). The Hall–Kier alpha value is -4.96. The van der Waals surface area contributed by atoms with E-state index in [1.165, 1.54) is 24.3 Å². The third kappa shape index (κ3) is 12.6. The summed E-state index contributed by atoms with van der Waals surface area (Å²) < 4.78 is 0. The van der Waals surface area contributed by atoms with Gasteiger partial charge in [0.2, 0.25) is 0 Å². The average Bonchev–Trinajstić information content (AvgIpc) is 2.96. The maximum absolute atomic E-state index is 11.7. The zero-order valence-electron chi connectivity index (χ0n) is 21.8. The monoisotopic (exact) mass is 638 g/mol. The van der Waals surface area contributed by atoms with E-state index in [4.69, 9.17) is 20.4 Å². The number of aromatic hydroxyl groups is 4. The van der Waals surface area contributed by atoms with Gasteiger partial charge in [0.1, 0.15) is 23.0 Å². The first-order valence-electron chi connectivity index (χ1n) is 12.2. The molecular weight excluding hydrogens is 611 g/mol. The minimum atomic E-state index is -0.133. The van der Waals surface area contributed by atoms with E-state index in [2.05, 4.69) is 0 Å². The van der Waals surface area contributed by atoms with E-state index in [0.717, 1.165) is 22.3 Å². The van der Waals surface area contributed by atoms with Crippen molar-refractivity contribution < 1.29 is 50.4 Å². The molecule has 0 unspecified atom stereocenters. The number of phenolic OH excluding ortho intramolecular Hbond substituents is 4. The first-order valence-corrected chi connectivity index (χ1v) is 12.2. The maximum Gasteiger partial charge on any atom is 0.178 e. The predicted molar refractivity (Wildman–Crippen MR) is 159 cm³/mol. The Morgan fingerprint density at radius 1 is 0.366 bits per heavy atom. The molecule has 0 aromatic heterocycles. The second kappa shape index (κ2) is 16.9. The van der Waals surface area contributed by atoms with Crippen molar-refractivity contribution in [1.29, 1.82) is 0 Å². The van der Waals surface area contributed by atoms with Crippen molar-refractivity contribution in [2.24, 2.45) is 0 Å². The molecule has 4 N–H and O–H groups in total. The molecule has 0 saturated carbocycles. The van der Waals surface area contributed by atoms with Gasteiger partial charge in [-0.1, -0.05) is 72.8 Å². The van der Waals surface area contributed by atoms with Crippen molar-refractivity contribution in [2.45, 2.75) is 0 Å². The molecule has 0 amide bonds. The van der Waals surface area contributed by atoms with Gasteiger partial charge in [-0.05, 0) is 95.1 Å². The molecule has 0 aliphatic carbocycles. The van der Waals surface area contributed by atoms with Crippen LogP contribution in [0, 0.1) is 0 Å². The summed E-state index contributed by atoms with van der Waals surface area (Å²) in [5.41, 5.74) is 3.37. The number of allylic oxidation sites excluding steroid dienone is 4. The standard InChI is InChI=1S/2C17H14O3.Pd/c2*18-15-7-1-13(2-8-15)5-11-17(20)12-6-14-3-9-16(19)10-4-14;/h2*1-12,18-19H;. The Balaban J connectivity index is 0.000000280. The third-order valence-corrected chi connectivity index (χ3v) is 5.33. The normalized spacial score (nSPS) is 10.9. The molecule has 4 aromatic rings. The van der Waals surface area contributed by atoms with Crippen LogP contribution in [0.2, 0.25) is 0 Å². The zero-order valence-corrected chi connectivity index (χ0v) is 23.3. The molecule has 0 atom stereocenters. The van der Waals surface area contributed by atoms with Crippen LogP contribution in [0.25, 0.3) is 24.3 Å². The maximum atomic E-state index is 11.7. The summed E-state index contributed by atoms with van der Waals surface area (Å²) in [6, 6.07) is 26.3. The molecule has 210 valence electrons. The van der Waals surface area contributed by atoms with Gasteiger partial charge in [0, 0.05) is 20.4 Å². The molecular formula is C34H28O6Pd. The van der Waals surface area contributed by atoms with Crippen LogP contribution in [0.1, 0.15) is 22.3 Å². The van der Waals surface area contributed by atoms with Crippen LogP contribution >= 0.6 is 0 Å². The van der Waals surface area contributed by atoms with Gasteiger partial charge in [0.15, 0.2) is 11.6 Å². The summed E-state index contributed by atoms with van der Waals surface area (Å²) >= 11 is 0. The smallest absolute Gasteiger partial charge is 0.178 e. The fourth-order valence-electron chi connectivity index (χ4n) is 3.17. The molecule has 4 aromatic carbocycles. The van der Waals surface area contributed by atoms with Crippen LogP contribution in [0.5, 0.6) is 23.0 Å². The van der Waals surface area contributed by atoms with Gasteiger partial charge in [-0.15, -0.1) is 0 Å². The number of carbonyl (C=O) groups excluding carboxylic acids is 2. The van der Waals surface area contributed by atoms with Crippen molar-refractivity contribution >= 4 is 35.9 Å². The van der Waals surface area contributed by atoms with Crippen molar-refractivity contribution in [1.82, 2.24) is 0 Å². The minimum Gasteiger partial charge on any atom is -0.508 e. The number of benzene rings is 4. The van der Waals surface area contributed by atoms with Gasteiger partial charge in [-0.25, -0.2) is 0 Å². The molecule has 0 aliphatic heterocycles. The van der Waals surface area contributed by atoms with Crippen LogP contribution in [0.3, 0.4) is 0 Å². The summed E-state index contributed by atoms with van der Waals surface area (Å²) in [6.45, 7) is 0. The van der Waals surface area contributed by atoms with Gasteiger partial charge in [0.25, 0.3) is 0 Å². The Kier molecular flexibility index (Phi) is 13.3. The van der Waals surface area contributed by atoms with Gasteiger partial charge in [0.05, 0.1) is 0 Å². The SMILES string of the molecule is O=C(C=Cc1ccc(O)cc1)C=Cc1ccc(O)cc1.O=C(C=Cc1ccc(O)cc1)C=Cc1ccc(O)cc1.[Pd]. The first-order chi connectivity index (χ1) is 19.3. The van der Waals surface area contributed by atoms with E-state index in [0.29, 0.717) is 0 Å². The number of rotatable bonds is 8. The van der Waals surface area contributed by atoms with Crippen molar-refractivity contribution in [3.05, 3.63) is 144 Å². The quantitative estimate of drug-likeness (QED) is 0.125. The second-order valence-electron chi connectivity index (χ2n) is 8.50.